The van der Waals surface area contributed by atoms with Crippen LogP contribution in [0, 0.1) is 20.8 Å². The number of hydrogen-bond donors (Lipinski definition) is 0. The molecule has 0 saturated heterocycles. The van der Waals surface area contributed by atoms with Crippen LogP contribution in [0.15, 0.2) is 23.6 Å². The van der Waals surface area contributed by atoms with Crippen molar-refractivity contribution in [3.05, 3.63) is 56.3 Å². The minimum Gasteiger partial charge on any atom is -0.334 e. The van der Waals surface area contributed by atoms with Crippen LogP contribution in [0.25, 0.3) is 0 Å². The third-order valence-electron chi connectivity index (χ3n) is 3.99. The van der Waals surface area contributed by atoms with E-state index in [-0.39, 0.29) is 5.91 Å². The minimum absolute atomic E-state index is 0.178. The maximum atomic E-state index is 12.8. The topological polar surface area (TPSA) is 20.3 Å². The molecule has 3 heteroatoms. The zero-order valence-electron chi connectivity index (χ0n) is 12.2. The molecule has 0 bridgehead atoms. The van der Waals surface area contributed by atoms with Gasteiger partial charge in [-0.15, -0.1) is 11.3 Å². The van der Waals surface area contributed by atoms with Gasteiger partial charge in [0, 0.05) is 23.5 Å². The van der Waals surface area contributed by atoms with Crippen LogP contribution in [0.2, 0.25) is 0 Å². The average molecular weight is 285 g/mol. The Morgan fingerprint density at radius 2 is 1.90 bits per heavy atom. The SMILES string of the molecule is Cc1cc(C)c(C(=O)N2CCc3sccc3C2)c(C)c1. The second kappa shape index (κ2) is 5.06. The largest absolute Gasteiger partial charge is 0.334 e. The van der Waals surface area contributed by atoms with Gasteiger partial charge in [-0.25, -0.2) is 0 Å². The summed E-state index contributed by atoms with van der Waals surface area (Å²) in [7, 11) is 0. The minimum atomic E-state index is 0.178. The summed E-state index contributed by atoms with van der Waals surface area (Å²) in [6.07, 6.45) is 0.989. The van der Waals surface area contributed by atoms with Gasteiger partial charge < -0.3 is 4.90 Å². The van der Waals surface area contributed by atoms with Crippen LogP contribution in [-0.4, -0.2) is 17.4 Å². The van der Waals surface area contributed by atoms with Gasteiger partial charge in [-0.1, -0.05) is 17.7 Å². The number of carbonyl (C=O) groups is 1. The first-order valence-electron chi connectivity index (χ1n) is 6.98. The molecule has 1 amide bonds. The zero-order chi connectivity index (χ0) is 14.3. The average Bonchev–Trinajstić information content (AvgIpc) is 2.84. The maximum Gasteiger partial charge on any atom is 0.254 e. The van der Waals surface area contributed by atoms with Crippen LogP contribution < -0.4 is 0 Å². The highest BCUT2D eigenvalue weighted by Crippen LogP contribution is 2.26. The smallest absolute Gasteiger partial charge is 0.254 e. The van der Waals surface area contributed by atoms with Gasteiger partial charge in [0.25, 0.3) is 5.91 Å². The lowest BCUT2D eigenvalue weighted by molar-refractivity contribution is 0.0734. The molecule has 2 nitrogen and oxygen atoms in total. The van der Waals surface area contributed by atoms with E-state index in [0.29, 0.717) is 0 Å². The standard InChI is InChI=1S/C17H19NOS/c1-11-8-12(2)16(13(3)9-11)17(19)18-6-4-15-14(10-18)5-7-20-15/h5,7-9H,4,6,10H2,1-3H3. The van der Waals surface area contributed by atoms with Crippen LogP contribution >= 0.6 is 11.3 Å². The summed E-state index contributed by atoms with van der Waals surface area (Å²) >= 11 is 1.81. The van der Waals surface area contributed by atoms with Gasteiger partial charge in [0.2, 0.25) is 0 Å². The van der Waals surface area contributed by atoms with E-state index in [2.05, 4.69) is 30.5 Å². The lowest BCUT2D eigenvalue weighted by Gasteiger charge is -2.28. The molecule has 1 aromatic heterocycles. The zero-order valence-corrected chi connectivity index (χ0v) is 13.0. The molecule has 20 heavy (non-hydrogen) atoms. The number of aryl methyl sites for hydroxylation is 3. The van der Waals surface area contributed by atoms with Crippen LogP contribution in [0.3, 0.4) is 0 Å². The predicted molar refractivity (Wildman–Crippen MR) is 83.4 cm³/mol. The fourth-order valence-electron chi connectivity index (χ4n) is 3.10. The van der Waals surface area contributed by atoms with Crippen molar-refractivity contribution in [2.75, 3.05) is 6.54 Å². The van der Waals surface area contributed by atoms with Crippen molar-refractivity contribution in [3.8, 4) is 0 Å². The van der Waals surface area contributed by atoms with E-state index in [0.717, 1.165) is 36.2 Å². The van der Waals surface area contributed by atoms with E-state index in [1.165, 1.54) is 16.0 Å². The monoisotopic (exact) mass is 285 g/mol. The molecule has 0 radical (unpaired) electrons. The van der Waals surface area contributed by atoms with Crippen LogP contribution in [0.4, 0.5) is 0 Å². The summed E-state index contributed by atoms with van der Waals surface area (Å²) in [5.41, 5.74) is 5.59. The lowest BCUT2D eigenvalue weighted by Crippen LogP contribution is -2.36. The molecule has 0 aliphatic carbocycles. The Kier molecular flexibility index (Phi) is 3.38. The van der Waals surface area contributed by atoms with E-state index in [1.54, 1.807) is 11.3 Å². The van der Waals surface area contributed by atoms with E-state index in [1.807, 2.05) is 18.7 Å². The quantitative estimate of drug-likeness (QED) is 0.779. The summed E-state index contributed by atoms with van der Waals surface area (Å²) in [4.78, 5) is 16.2. The van der Waals surface area contributed by atoms with E-state index >= 15 is 0 Å². The fourth-order valence-corrected chi connectivity index (χ4v) is 3.99. The highest BCUT2D eigenvalue weighted by molar-refractivity contribution is 7.10. The summed E-state index contributed by atoms with van der Waals surface area (Å²) < 4.78 is 0. The summed E-state index contributed by atoms with van der Waals surface area (Å²) in [6, 6.07) is 6.34. The molecule has 0 saturated carbocycles. The van der Waals surface area contributed by atoms with Crippen LogP contribution in [0.5, 0.6) is 0 Å². The number of nitrogens with zero attached hydrogens (tertiary/aromatic N) is 1. The molecule has 0 atom stereocenters. The Labute approximate surface area is 124 Å². The third kappa shape index (κ3) is 2.27. The molecule has 1 aromatic carbocycles. The number of benzene rings is 1. The number of carbonyl (C=O) groups excluding carboxylic acids is 1. The van der Waals surface area contributed by atoms with Gasteiger partial charge in [0.05, 0.1) is 0 Å². The predicted octanol–water partition coefficient (Wildman–Crippen LogP) is 3.87. The van der Waals surface area contributed by atoms with Crippen LogP contribution in [-0.2, 0) is 13.0 Å². The first kappa shape index (κ1) is 13.4. The van der Waals surface area contributed by atoms with Gasteiger partial charge in [0.1, 0.15) is 0 Å². The molecule has 0 unspecified atom stereocenters. The Morgan fingerprint density at radius 3 is 2.60 bits per heavy atom. The number of thiophene rings is 1. The molecular formula is C17H19NOS. The molecule has 0 fully saturated rings. The molecule has 1 aliphatic heterocycles. The first-order valence-corrected chi connectivity index (χ1v) is 7.86. The van der Waals surface area contributed by atoms with Crippen molar-refractivity contribution in [2.45, 2.75) is 33.7 Å². The van der Waals surface area contributed by atoms with Gasteiger partial charge in [-0.3, -0.25) is 4.79 Å². The first-order chi connectivity index (χ1) is 9.56. The molecule has 2 heterocycles. The van der Waals surface area contributed by atoms with Gasteiger partial charge in [-0.05, 0) is 55.3 Å². The van der Waals surface area contributed by atoms with E-state index in [9.17, 15) is 4.79 Å². The Morgan fingerprint density at radius 1 is 1.20 bits per heavy atom. The van der Waals surface area contributed by atoms with Gasteiger partial charge in [0.15, 0.2) is 0 Å². The van der Waals surface area contributed by atoms with Crippen LogP contribution in [0.1, 0.15) is 37.5 Å². The molecule has 1 aliphatic rings. The second-order valence-electron chi connectivity index (χ2n) is 5.62. The van der Waals surface area contributed by atoms with Crippen molar-refractivity contribution in [3.63, 3.8) is 0 Å². The molecular weight excluding hydrogens is 266 g/mol. The van der Waals surface area contributed by atoms with E-state index in [4.69, 9.17) is 0 Å². The third-order valence-corrected chi connectivity index (χ3v) is 5.01. The highest BCUT2D eigenvalue weighted by atomic mass is 32.1. The maximum absolute atomic E-state index is 12.8. The van der Waals surface area contributed by atoms with Crippen molar-refractivity contribution in [1.29, 1.82) is 0 Å². The number of hydrogen-bond acceptors (Lipinski definition) is 2. The number of fused-ring (bicyclic) bond motifs is 1. The van der Waals surface area contributed by atoms with Crippen molar-refractivity contribution in [2.24, 2.45) is 0 Å². The Hall–Kier alpha value is -1.61. The highest BCUT2D eigenvalue weighted by Gasteiger charge is 2.24. The van der Waals surface area contributed by atoms with Gasteiger partial charge in [-0.2, -0.15) is 0 Å². The molecule has 0 spiro atoms. The number of amides is 1. The Balaban J connectivity index is 1.91. The summed E-state index contributed by atoms with van der Waals surface area (Å²) in [5, 5.41) is 2.13. The Bertz CT molecular complexity index is 648. The molecule has 2 aromatic rings. The molecule has 0 N–H and O–H groups in total. The fraction of sp³-hybridized carbons (Fsp3) is 0.353. The molecule has 104 valence electrons. The van der Waals surface area contributed by atoms with Crippen molar-refractivity contribution in [1.82, 2.24) is 4.90 Å². The van der Waals surface area contributed by atoms with Gasteiger partial charge >= 0.3 is 0 Å². The molecule has 3 rings (SSSR count). The van der Waals surface area contributed by atoms with Crippen molar-refractivity contribution < 1.29 is 4.79 Å². The summed E-state index contributed by atoms with van der Waals surface area (Å²) in [6.45, 7) is 7.73. The lowest BCUT2D eigenvalue weighted by atomic mass is 9.98. The number of rotatable bonds is 1. The normalized spacial score (nSPS) is 14.2. The summed E-state index contributed by atoms with van der Waals surface area (Å²) in [5.74, 6) is 0.178. The van der Waals surface area contributed by atoms with Crippen molar-refractivity contribution >= 4 is 17.2 Å². The van der Waals surface area contributed by atoms with E-state index < -0.39 is 0 Å². The second-order valence-corrected chi connectivity index (χ2v) is 6.62.